The average molecular weight is 403 g/mol. The van der Waals surface area contributed by atoms with Crippen LogP contribution in [0.15, 0.2) is 54.6 Å². The van der Waals surface area contributed by atoms with E-state index in [1.54, 1.807) is 0 Å². The van der Waals surface area contributed by atoms with Crippen LogP contribution in [-0.2, 0) is 21.4 Å². The third-order valence-corrected chi connectivity index (χ3v) is 6.80. The highest BCUT2D eigenvalue weighted by Crippen LogP contribution is 2.26. The number of hydrogen-bond acceptors (Lipinski definition) is 4. The van der Waals surface area contributed by atoms with E-state index in [4.69, 9.17) is 4.74 Å². The molecule has 2 aromatic rings. The summed E-state index contributed by atoms with van der Waals surface area (Å²) in [6.45, 7) is 2.51. The normalized spacial score (nSPS) is 17.4. The van der Waals surface area contributed by atoms with Gasteiger partial charge >= 0.3 is 0 Å². The first-order valence-electron chi connectivity index (χ1n) is 9.59. The van der Waals surface area contributed by atoms with E-state index >= 15 is 0 Å². The minimum atomic E-state index is -3.39. The summed E-state index contributed by atoms with van der Waals surface area (Å²) in [6.07, 6.45) is 1.79. The number of rotatable bonds is 8. The summed E-state index contributed by atoms with van der Waals surface area (Å²) < 4.78 is 32.1. The van der Waals surface area contributed by atoms with Crippen molar-refractivity contribution in [3.8, 4) is 11.5 Å². The number of hydrogen-bond donors (Lipinski definition) is 1. The fourth-order valence-corrected chi connectivity index (χ4v) is 5.12. The molecule has 1 fully saturated rings. The Morgan fingerprint density at radius 2 is 1.86 bits per heavy atom. The zero-order valence-electron chi connectivity index (χ0n) is 16.0. The van der Waals surface area contributed by atoms with Crippen molar-refractivity contribution in [1.82, 2.24) is 9.62 Å². The second-order valence-corrected chi connectivity index (χ2v) is 8.87. The molecule has 7 heteroatoms. The Balaban J connectivity index is 1.66. The highest BCUT2D eigenvalue weighted by molar-refractivity contribution is 7.89. The molecule has 1 saturated heterocycles. The molecule has 1 amide bonds. The molecule has 0 bridgehead atoms. The first-order valence-corrected chi connectivity index (χ1v) is 11.2. The number of carbonyl (C=O) groups is 1. The monoisotopic (exact) mass is 402 g/mol. The molecule has 28 heavy (non-hydrogen) atoms. The van der Waals surface area contributed by atoms with E-state index in [1.165, 1.54) is 4.31 Å². The fourth-order valence-electron chi connectivity index (χ4n) is 3.38. The third-order valence-electron chi connectivity index (χ3n) is 4.72. The summed E-state index contributed by atoms with van der Waals surface area (Å²) in [5, 5.41) is 2.89. The van der Waals surface area contributed by atoms with Gasteiger partial charge in [-0.1, -0.05) is 43.3 Å². The number of sulfonamides is 1. The van der Waals surface area contributed by atoms with Gasteiger partial charge in [-0.05, 0) is 37.5 Å². The molecule has 0 radical (unpaired) electrons. The lowest BCUT2D eigenvalue weighted by atomic mass is 10.1. The van der Waals surface area contributed by atoms with Crippen LogP contribution in [0, 0.1) is 0 Å². The van der Waals surface area contributed by atoms with Crippen LogP contribution in [-0.4, -0.2) is 37.0 Å². The van der Waals surface area contributed by atoms with E-state index in [0.29, 0.717) is 37.3 Å². The van der Waals surface area contributed by atoms with Crippen molar-refractivity contribution < 1.29 is 17.9 Å². The van der Waals surface area contributed by atoms with Crippen molar-refractivity contribution in [2.24, 2.45) is 0 Å². The summed E-state index contributed by atoms with van der Waals surface area (Å²) in [4.78, 5) is 12.7. The van der Waals surface area contributed by atoms with E-state index in [2.05, 4.69) is 5.32 Å². The van der Waals surface area contributed by atoms with Gasteiger partial charge in [0, 0.05) is 18.7 Å². The second kappa shape index (κ2) is 9.21. The van der Waals surface area contributed by atoms with Crippen molar-refractivity contribution in [1.29, 1.82) is 0 Å². The lowest BCUT2D eigenvalue weighted by molar-refractivity contribution is -0.124. The van der Waals surface area contributed by atoms with Gasteiger partial charge in [-0.15, -0.1) is 0 Å². The number of nitrogens with zero attached hydrogens (tertiary/aromatic N) is 1. The number of benzene rings is 2. The van der Waals surface area contributed by atoms with E-state index in [0.717, 1.165) is 5.56 Å². The van der Waals surface area contributed by atoms with E-state index < -0.39 is 16.1 Å². The molecule has 0 spiro atoms. The summed E-state index contributed by atoms with van der Waals surface area (Å²) in [5.74, 6) is 1.20. The highest BCUT2D eigenvalue weighted by atomic mass is 32.2. The minimum absolute atomic E-state index is 0.0739. The summed E-state index contributed by atoms with van der Waals surface area (Å²) in [7, 11) is -3.39. The Labute approximate surface area is 166 Å². The summed E-state index contributed by atoms with van der Waals surface area (Å²) >= 11 is 0. The van der Waals surface area contributed by atoms with Crippen molar-refractivity contribution in [3.05, 3.63) is 60.2 Å². The molecule has 150 valence electrons. The molecule has 1 heterocycles. The van der Waals surface area contributed by atoms with Crippen LogP contribution in [0.3, 0.4) is 0 Å². The minimum Gasteiger partial charge on any atom is -0.457 e. The molecule has 1 aliphatic rings. The predicted molar refractivity (Wildman–Crippen MR) is 109 cm³/mol. The van der Waals surface area contributed by atoms with Crippen LogP contribution in [0.2, 0.25) is 0 Å². The number of ether oxygens (including phenoxy) is 1. The van der Waals surface area contributed by atoms with Gasteiger partial charge in [0.2, 0.25) is 15.9 Å². The maximum absolute atomic E-state index is 12.7. The van der Waals surface area contributed by atoms with Gasteiger partial charge in [0.25, 0.3) is 0 Å². The molecule has 6 nitrogen and oxygen atoms in total. The maximum atomic E-state index is 12.7. The molecule has 1 N–H and O–H groups in total. The summed E-state index contributed by atoms with van der Waals surface area (Å²) in [5.41, 5.74) is 0.834. The number of para-hydroxylation sites is 2. The third kappa shape index (κ3) is 4.91. The fraction of sp³-hybridized carbons (Fsp3) is 0.381. The Morgan fingerprint density at radius 1 is 1.14 bits per heavy atom. The second-order valence-electron chi connectivity index (χ2n) is 6.83. The van der Waals surface area contributed by atoms with Crippen molar-refractivity contribution >= 4 is 15.9 Å². The first kappa shape index (κ1) is 20.4. The standard InChI is InChI=1S/C21H26N2O4S/c1-2-15-28(25,26)23-14-8-12-19(23)21(24)22-16-17-9-6-7-13-20(17)27-18-10-4-3-5-11-18/h3-7,9-11,13,19H,2,8,12,14-16H2,1H3,(H,22,24). The molecular weight excluding hydrogens is 376 g/mol. The quantitative estimate of drug-likeness (QED) is 0.735. The van der Waals surface area contributed by atoms with Gasteiger partial charge in [-0.3, -0.25) is 4.79 Å². The van der Waals surface area contributed by atoms with Gasteiger partial charge < -0.3 is 10.1 Å². The number of carbonyl (C=O) groups excluding carboxylic acids is 1. The molecule has 0 aliphatic carbocycles. The molecule has 1 atom stereocenters. The Hall–Kier alpha value is -2.38. The molecule has 3 rings (SSSR count). The molecular formula is C21H26N2O4S. The van der Waals surface area contributed by atoms with E-state index in [1.807, 2.05) is 61.5 Å². The van der Waals surface area contributed by atoms with Gasteiger partial charge in [-0.25, -0.2) is 8.42 Å². The largest absolute Gasteiger partial charge is 0.457 e. The lowest BCUT2D eigenvalue weighted by Crippen LogP contribution is -2.46. The molecule has 2 aromatic carbocycles. The van der Waals surface area contributed by atoms with Crippen molar-refractivity contribution in [2.75, 3.05) is 12.3 Å². The molecule has 1 aliphatic heterocycles. The maximum Gasteiger partial charge on any atom is 0.238 e. The Bertz CT molecular complexity index is 900. The van der Waals surface area contributed by atoms with Crippen molar-refractivity contribution in [2.45, 2.75) is 38.8 Å². The molecule has 1 unspecified atom stereocenters. The van der Waals surface area contributed by atoms with Crippen LogP contribution in [0.4, 0.5) is 0 Å². The SMILES string of the molecule is CCCS(=O)(=O)N1CCCC1C(=O)NCc1ccccc1Oc1ccccc1. The van der Waals surface area contributed by atoms with Crippen molar-refractivity contribution in [3.63, 3.8) is 0 Å². The van der Waals surface area contributed by atoms with Crippen LogP contribution >= 0.6 is 0 Å². The number of amides is 1. The molecule has 0 saturated carbocycles. The smallest absolute Gasteiger partial charge is 0.238 e. The lowest BCUT2D eigenvalue weighted by Gasteiger charge is -2.23. The average Bonchev–Trinajstić information content (AvgIpc) is 3.19. The Kier molecular flexibility index (Phi) is 6.70. The van der Waals surface area contributed by atoms with Gasteiger partial charge in [0.1, 0.15) is 17.5 Å². The van der Waals surface area contributed by atoms with E-state index in [9.17, 15) is 13.2 Å². The predicted octanol–water partition coefficient (Wildman–Crippen LogP) is 3.30. The van der Waals surface area contributed by atoms with Crippen LogP contribution in [0.25, 0.3) is 0 Å². The molecule has 0 aromatic heterocycles. The zero-order valence-corrected chi connectivity index (χ0v) is 16.8. The topological polar surface area (TPSA) is 75.7 Å². The zero-order chi connectivity index (χ0) is 20.0. The van der Waals surface area contributed by atoms with Crippen LogP contribution < -0.4 is 10.1 Å². The number of nitrogens with one attached hydrogen (secondary N) is 1. The van der Waals surface area contributed by atoms with Crippen LogP contribution in [0.5, 0.6) is 11.5 Å². The Morgan fingerprint density at radius 3 is 2.61 bits per heavy atom. The highest BCUT2D eigenvalue weighted by Gasteiger charge is 2.37. The van der Waals surface area contributed by atoms with Crippen LogP contribution in [0.1, 0.15) is 31.7 Å². The van der Waals surface area contributed by atoms with E-state index in [-0.39, 0.29) is 18.2 Å². The van der Waals surface area contributed by atoms with Gasteiger partial charge in [-0.2, -0.15) is 4.31 Å². The van der Waals surface area contributed by atoms with Gasteiger partial charge in [0.15, 0.2) is 0 Å². The first-order chi connectivity index (χ1) is 13.5. The summed E-state index contributed by atoms with van der Waals surface area (Å²) in [6, 6.07) is 16.3. The van der Waals surface area contributed by atoms with Gasteiger partial charge in [0.05, 0.1) is 5.75 Å².